The van der Waals surface area contributed by atoms with Crippen LogP contribution in [0.15, 0.2) is 41.3 Å². The normalized spacial score (nSPS) is 14.5. The van der Waals surface area contributed by atoms with Gasteiger partial charge in [-0.25, -0.2) is 0 Å². The topological polar surface area (TPSA) is 93.1 Å². The highest BCUT2D eigenvalue weighted by Crippen LogP contribution is 2.19. The number of nitrogens with zero attached hydrogens (tertiary/aromatic N) is 4. The number of nitrogens with one attached hydrogen (secondary N) is 1. The molecule has 1 aliphatic heterocycles. The summed E-state index contributed by atoms with van der Waals surface area (Å²) < 4.78 is 0. The van der Waals surface area contributed by atoms with Gasteiger partial charge in [-0.2, -0.15) is 5.26 Å². The third-order valence-electron chi connectivity index (χ3n) is 6.34. The Balaban J connectivity index is 1.34. The van der Waals surface area contributed by atoms with Crippen LogP contribution >= 0.6 is 0 Å². The molecule has 32 heavy (non-hydrogen) atoms. The molecule has 7 nitrogen and oxygen atoms in total. The predicted molar refractivity (Wildman–Crippen MR) is 123 cm³/mol. The average Bonchev–Trinajstić information content (AvgIpc) is 2.79. The maximum atomic E-state index is 12.8. The van der Waals surface area contributed by atoms with Gasteiger partial charge in [0.1, 0.15) is 11.6 Å². The van der Waals surface area contributed by atoms with E-state index >= 15 is 0 Å². The molecule has 164 valence electrons. The number of para-hydroxylation sites is 1. The first-order chi connectivity index (χ1) is 15.5. The van der Waals surface area contributed by atoms with Crippen molar-refractivity contribution in [3.05, 3.63) is 74.8 Å². The summed E-state index contributed by atoms with van der Waals surface area (Å²) in [5.74, 6) is 0.111. The van der Waals surface area contributed by atoms with E-state index in [0.29, 0.717) is 31.5 Å². The molecule has 0 atom stereocenters. The van der Waals surface area contributed by atoms with Crippen LogP contribution in [-0.2, 0) is 17.8 Å². The van der Waals surface area contributed by atoms with Gasteiger partial charge in [0, 0.05) is 56.4 Å². The van der Waals surface area contributed by atoms with Crippen molar-refractivity contribution in [3.8, 4) is 6.07 Å². The highest BCUT2D eigenvalue weighted by atomic mass is 16.2. The number of carbonyl (C=O) groups excluding carboxylic acids is 1. The van der Waals surface area contributed by atoms with Crippen molar-refractivity contribution in [2.45, 2.75) is 33.2 Å². The second-order valence-corrected chi connectivity index (χ2v) is 8.32. The molecule has 7 heteroatoms. The van der Waals surface area contributed by atoms with Crippen LogP contribution in [0.25, 0.3) is 10.9 Å². The van der Waals surface area contributed by atoms with Gasteiger partial charge >= 0.3 is 0 Å². The predicted octanol–water partition coefficient (Wildman–Crippen LogP) is 2.69. The summed E-state index contributed by atoms with van der Waals surface area (Å²) in [6.07, 6.45) is 2.71. The molecule has 1 aliphatic rings. The number of aryl methyl sites for hydroxylation is 1. The van der Waals surface area contributed by atoms with E-state index in [1.165, 1.54) is 5.56 Å². The number of piperazine rings is 1. The van der Waals surface area contributed by atoms with Gasteiger partial charge in [-0.05, 0) is 43.0 Å². The van der Waals surface area contributed by atoms with Crippen LogP contribution in [0.5, 0.6) is 0 Å². The van der Waals surface area contributed by atoms with Crippen molar-refractivity contribution in [2.75, 3.05) is 26.2 Å². The molecular weight excluding hydrogens is 402 g/mol. The molecule has 3 aromatic rings. The third-order valence-corrected chi connectivity index (χ3v) is 6.34. The molecule has 0 unspecified atom stereocenters. The van der Waals surface area contributed by atoms with E-state index in [9.17, 15) is 14.9 Å². The molecule has 2 aromatic heterocycles. The fourth-order valence-electron chi connectivity index (χ4n) is 4.50. The summed E-state index contributed by atoms with van der Waals surface area (Å²) in [5, 5.41) is 10.4. The molecule has 1 N–H and O–H groups in total. The minimum Gasteiger partial charge on any atom is -0.340 e. The lowest BCUT2D eigenvalue weighted by Gasteiger charge is -2.35. The van der Waals surface area contributed by atoms with Crippen molar-refractivity contribution in [1.82, 2.24) is 19.8 Å². The van der Waals surface area contributed by atoms with E-state index in [4.69, 9.17) is 0 Å². The zero-order chi connectivity index (χ0) is 22.7. The Bertz CT molecular complexity index is 1240. The number of nitriles is 1. The van der Waals surface area contributed by atoms with Crippen molar-refractivity contribution in [3.63, 3.8) is 0 Å². The highest BCUT2D eigenvalue weighted by Gasteiger charge is 2.22. The number of hydrogen-bond donors (Lipinski definition) is 1. The summed E-state index contributed by atoms with van der Waals surface area (Å²) in [6, 6.07) is 12.3. The summed E-state index contributed by atoms with van der Waals surface area (Å²) in [4.78, 5) is 36.3. The maximum Gasteiger partial charge on any atom is 0.266 e. The van der Waals surface area contributed by atoms with Gasteiger partial charge in [-0.15, -0.1) is 0 Å². The van der Waals surface area contributed by atoms with Gasteiger partial charge in [0.15, 0.2) is 0 Å². The van der Waals surface area contributed by atoms with Gasteiger partial charge in [0.05, 0.1) is 5.52 Å². The lowest BCUT2D eigenvalue weighted by molar-refractivity contribution is -0.133. The molecule has 0 spiro atoms. The Morgan fingerprint density at radius 1 is 1.16 bits per heavy atom. The first-order valence-electron chi connectivity index (χ1n) is 10.9. The number of aromatic nitrogens is 2. The van der Waals surface area contributed by atoms with Crippen LogP contribution in [0.2, 0.25) is 0 Å². The quantitative estimate of drug-likeness (QED) is 0.673. The molecule has 0 aliphatic carbocycles. The number of H-pyrrole nitrogens is 1. The molecule has 0 saturated carbocycles. The SMILES string of the molecule is Cc1[nH]c(=O)c(C#N)c(C)c1CCC(=O)N1CCN(Cc2cccc3cccnc23)CC1. The Kier molecular flexibility index (Phi) is 6.33. The summed E-state index contributed by atoms with van der Waals surface area (Å²) in [7, 11) is 0. The Hall–Kier alpha value is -3.50. The lowest BCUT2D eigenvalue weighted by atomic mass is 9.99. The zero-order valence-corrected chi connectivity index (χ0v) is 18.5. The average molecular weight is 430 g/mol. The van der Waals surface area contributed by atoms with Gasteiger partial charge < -0.3 is 9.88 Å². The van der Waals surface area contributed by atoms with Crippen molar-refractivity contribution in [1.29, 1.82) is 5.26 Å². The van der Waals surface area contributed by atoms with Gasteiger partial charge in [-0.3, -0.25) is 19.5 Å². The molecule has 0 bridgehead atoms. The van der Waals surface area contributed by atoms with Crippen LogP contribution in [0.1, 0.15) is 34.4 Å². The Morgan fingerprint density at radius 2 is 1.91 bits per heavy atom. The van der Waals surface area contributed by atoms with Crippen LogP contribution in [0, 0.1) is 25.2 Å². The van der Waals surface area contributed by atoms with E-state index in [2.05, 4.69) is 39.1 Å². The number of hydrogen-bond acceptors (Lipinski definition) is 5. The molecular formula is C25H27N5O2. The number of fused-ring (bicyclic) bond motifs is 1. The van der Waals surface area contributed by atoms with Crippen LogP contribution in [-0.4, -0.2) is 51.9 Å². The van der Waals surface area contributed by atoms with E-state index < -0.39 is 0 Å². The maximum absolute atomic E-state index is 12.8. The minimum atomic E-state index is -0.366. The second-order valence-electron chi connectivity index (χ2n) is 8.32. The minimum absolute atomic E-state index is 0.111. The smallest absolute Gasteiger partial charge is 0.266 e. The fraction of sp³-hybridized carbons (Fsp3) is 0.360. The number of amides is 1. The van der Waals surface area contributed by atoms with E-state index in [0.717, 1.165) is 41.8 Å². The monoisotopic (exact) mass is 429 g/mol. The molecule has 1 aromatic carbocycles. The number of benzene rings is 1. The summed E-state index contributed by atoms with van der Waals surface area (Å²) in [5.41, 5.74) is 4.31. The molecule has 4 rings (SSSR count). The number of carbonyl (C=O) groups is 1. The van der Waals surface area contributed by atoms with Gasteiger partial charge in [-0.1, -0.05) is 24.3 Å². The van der Waals surface area contributed by atoms with Crippen molar-refractivity contribution < 1.29 is 4.79 Å². The van der Waals surface area contributed by atoms with Crippen LogP contribution in [0.4, 0.5) is 0 Å². The number of rotatable bonds is 5. The largest absolute Gasteiger partial charge is 0.340 e. The molecule has 0 radical (unpaired) electrons. The fourth-order valence-corrected chi connectivity index (χ4v) is 4.50. The van der Waals surface area contributed by atoms with Crippen molar-refractivity contribution >= 4 is 16.8 Å². The standard InChI is InChI=1S/C25H27N5O2/c1-17-21(18(2)28-25(32)22(17)15-26)8-9-23(31)30-13-11-29(12-14-30)16-20-6-3-5-19-7-4-10-27-24(19)20/h3-7,10H,8-9,11-14,16H2,1-2H3,(H,28,32). The van der Waals surface area contributed by atoms with E-state index in [-0.39, 0.29) is 17.0 Å². The third kappa shape index (κ3) is 4.41. The molecule has 1 saturated heterocycles. The first kappa shape index (κ1) is 21.7. The molecule has 3 heterocycles. The molecule has 1 amide bonds. The molecule has 1 fully saturated rings. The summed E-state index contributed by atoms with van der Waals surface area (Å²) in [6.45, 7) is 7.46. The Labute approximate surface area is 187 Å². The van der Waals surface area contributed by atoms with Gasteiger partial charge in [0.2, 0.25) is 5.91 Å². The number of aromatic amines is 1. The Morgan fingerprint density at radius 3 is 2.66 bits per heavy atom. The number of pyridine rings is 2. The first-order valence-corrected chi connectivity index (χ1v) is 10.9. The second kappa shape index (κ2) is 9.33. The van der Waals surface area contributed by atoms with Crippen LogP contribution in [0.3, 0.4) is 0 Å². The summed E-state index contributed by atoms with van der Waals surface area (Å²) >= 11 is 0. The highest BCUT2D eigenvalue weighted by molar-refractivity contribution is 5.81. The van der Waals surface area contributed by atoms with E-state index in [1.54, 1.807) is 6.92 Å². The van der Waals surface area contributed by atoms with Crippen LogP contribution < -0.4 is 5.56 Å². The lowest BCUT2D eigenvalue weighted by Crippen LogP contribution is -2.48. The van der Waals surface area contributed by atoms with Gasteiger partial charge in [0.25, 0.3) is 5.56 Å². The zero-order valence-electron chi connectivity index (χ0n) is 18.5. The van der Waals surface area contributed by atoms with Crippen molar-refractivity contribution in [2.24, 2.45) is 0 Å². The van der Waals surface area contributed by atoms with E-state index in [1.807, 2.05) is 30.2 Å².